The van der Waals surface area contributed by atoms with Crippen LogP contribution in [0.25, 0.3) is 0 Å². The predicted molar refractivity (Wildman–Crippen MR) is 89.9 cm³/mol. The number of benzene rings is 1. The van der Waals surface area contributed by atoms with E-state index in [0.29, 0.717) is 12.5 Å². The van der Waals surface area contributed by atoms with E-state index in [1.807, 2.05) is 13.8 Å². The zero-order chi connectivity index (χ0) is 16.8. The molecule has 0 aliphatic heterocycles. The van der Waals surface area contributed by atoms with E-state index in [1.165, 1.54) is 10.9 Å². The maximum atomic E-state index is 13.6. The number of aliphatic imine (C=N–C) groups is 1. The average Bonchev–Trinajstić information content (AvgIpc) is 2.83. The highest BCUT2D eigenvalue weighted by atomic mass is 32.1. The first-order chi connectivity index (χ1) is 11.0. The molecule has 0 saturated heterocycles. The molecule has 124 valence electrons. The lowest BCUT2D eigenvalue weighted by Gasteiger charge is -2.12. The van der Waals surface area contributed by atoms with Crippen molar-refractivity contribution in [2.45, 2.75) is 26.8 Å². The Bertz CT molecular complexity index is 697. The summed E-state index contributed by atoms with van der Waals surface area (Å²) in [6, 6.07) is 3.40. The van der Waals surface area contributed by atoms with Crippen LogP contribution in [0.5, 0.6) is 0 Å². The van der Waals surface area contributed by atoms with Gasteiger partial charge in [0.05, 0.1) is 10.7 Å². The van der Waals surface area contributed by atoms with Crippen LogP contribution in [-0.4, -0.2) is 24.5 Å². The number of aryl methyl sites for hydroxylation is 2. The van der Waals surface area contributed by atoms with Crippen molar-refractivity contribution in [3.05, 3.63) is 51.0 Å². The number of rotatable bonds is 5. The Hall–Kier alpha value is -2.02. The number of nitrogens with zero attached hydrogens (tertiary/aromatic N) is 2. The van der Waals surface area contributed by atoms with Crippen LogP contribution in [0, 0.1) is 25.5 Å². The first-order valence-electron chi connectivity index (χ1n) is 7.31. The van der Waals surface area contributed by atoms with Crippen LogP contribution in [-0.2, 0) is 13.0 Å². The van der Waals surface area contributed by atoms with Crippen LogP contribution in [0.2, 0.25) is 0 Å². The summed E-state index contributed by atoms with van der Waals surface area (Å²) < 4.78 is 26.7. The van der Waals surface area contributed by atoms with Crippen LogP contribution < -0.4 is 10.6 Å². The Kier molecular flexibility index (Phi) is 6.04. The number of hydrogen-bond donors (Lipinski definition) is 2. The fourth-order valence-electron chi connectivity index (χ4n) is 2.18. The van der Waals surface area contributed by atoms with Crippen molar-refractivity contribution in [1.29, 1.82) is 0 Å². The van der Waals surface area contributed by atoms with Gasteiger partial charge in [0.15, 0.2) is 5.96 Å². The third kappa shape index (κ3) is 4.99. The number of guanidine groups is 1. The SMILES string of the molecule is CN=C(NCCc1sc(C)nc1C)NCc1cc(F)ccc1F. The van der Waals surface area contributed by atoms with Crippen LogP contribution in [0.3, 0.4) is 0 Å². The molecule has 0 fully saturated rings. The molecule has 0 aliphatic rings. The summed E-state index contributed by atoms with van der Waals surface area (Å²) in [6.45, 7) is 4.84. The highest BCUT2D eigenvalue weighted by Crippen LogP contribution is 2.17. The maximum Gasteiger partial charge on any atom is 0.191 e. The molecule has 1 aromatic carbocycles. The van der Waals surface area contributed by atoms with Gasteiger partial charge < -0.3 is 10.6 Å². The minimum atomic E-state index is -0.456. The summed E-state index contributed by atoms with van der Waals surface area (Å²) >= 11 is 1.68. The molecule has 4 nitrogen and oxygen atoms in total. The van der Waals surface area contributed by atoms with Crippen molar-refractivity contribution in [2.24, 2.45) is 4.99 Å². The monoisotopic (exact) mass is 338 g/mol. The normalized spacial score (nSPS) is 11.6. The van der Waals surface area contributed by atoms with E-state index in [9.17, 15) is 8.78 Å². The van der Waals surface area contributed by atoms with Crippen molar-refractivity contribution in [1.82, 2.24) is 15.6 Å². The zero-order valence-electron chi connectivity index (χ0n) is 13.4. The highest BCUT2D eigenvalue weighted by Gasteiger charge is 2.07. The molecule has 0 spiro atoms. The van der Waals surface area contributed by atoms with Crippen molar-refractivity contribution < 1.29 is 8.78 Å². The largest absolute Gasteiger partial charge is 0.356 e. The smallest absolute Gasteiger partial charge is 0.191 e. The van der Waals surface area contributed by atoms with Crippen LogP contribution >= 0.6 is 11.3 Å². The van der Waals surface area contributed by atoms with Gasteiger partial charge in [-0.05, 0) is 32.0 Å². The Morgan fingerprint density at radius 3 is 2.70 bits per heavy atom. The summed E-state index contributed by atoms with van der Waals surface area (Å²) in [7, 11) is 1.64. The van der Waals surface area contributed by atoms with Crippen molar-refractivity contribution in [3.8, 4) is 0 Å². The molecule has 0 amide bonds. The minimum Gasteiger partial charge on any atom is -0.356 e. The molecule has 0 aliphatic carbocycles. The molecule has 1 heterocycles. The Morgan fingerprint density at radius 1 is 1.26 bits per heavy atom. The summed E-state index contributed by atoms with van der Waals surface area (Å²) in [5.41, 5.74) is 1.32. The molecule has 2 N–H and O–H groups in total. The molecular weight excluding hydrogens is 318 g/mol. The number of aromatic nitrogens is 1. The quantitative estimate of drug-likeness (QED) is 0.651. The summed E-state index contributed by atoms with van der Waals surface area (Å²) in [5, 5.41) is 7.20. The highest BCUT2D eigenvalue weighted by molar-refractivity contribution is 7.11. The molecular formula is C16H20F2N4S. The first-order valence-corrected chi connectivity index (χ1v) is 8.12. The predicted octanol–water partition coefficient (Wildman–Crippen LogP) is 2.95. The van der Waals surface area contributed by atoms with E-state index >= 15 is 0 Å². The van der Waals surface area contributed by atoms with Crippen LogP contribution in [0.1, 0.15) is 21.1 Å². The molecule has 0 atom stereocenters. The molecule has 7 heteroatoms. The second-order valence-corrected chi connectivity index (χ2v) is 6.37. The van der Waals surface area contributed by atoms with E-state index in [0.717, 1.165) is 29.3 Å². The molecule has 2 rings (SSSR count). The summed E-state index contributed by atoms with van der Waals surface area (Å²) in [4.78, 5) is 9.71. The number of halogens is 2. The van der Waals surface area contributed by atoms with Gasteiger partial charge >= 0.3 is 0 Å². The van der Waals surface area contributed by atoms with E-state index < -0.39 is 11.6 Å². The lowest BCUT2D eigenvalue weighted by molar-refractivity contribution is 0.581. The van der Waals surface area contributed by atoms with Gasteiger partial charge in [-0.3, -0.25) is 4.99 Å². The second kappa shape index (κ2) is 8.01. The maximum absolute atomic E-state index is 13.6. The topological polar surface area (TPSA) is 49.3 Å². The van der Waals surface area contributed by atoms with E-state index in [4.69, 9.17) is 0 Å². The van der Waals surface area contributed by atoms with Gasteiger partial charge in [0.1, 0.15) is 11.6 Å². The Morgan fingerprint density at radius 2 is 2.04 bits per heavy atom. The molecule has 2 aromatic rings. The summed E-state index contributed by atoms with van der Waals surface area (Å²) in [6.07, 6.45) is 0.840. The van der Waals surface area contributed by atoms with Gasteiger partial charge in [0.25, 0.3) is 0 Å². The second-order valence-electron chi connectivity index (χ2n) is 5.08. The van der Waals surface area contributed by atoms with Gasteiger partial charge in [-0.25, -0.2) is 13.8 Å². The van der Waals surface area contributed by atoms with Crippen molar-refractivity contribution in [3.63, 3.8) is 0 Å². The fraction of sp³-hybridized carbons (Fsp3) is 0.375. The number of nitrogens with one attached hydrogen (secondary N) is 2. The molecule has 23 heavy (non-hydrogen) atoms. The molecule has 0 radical (unpaired) electrons. The summed E-state index contributed by atoms with van der Waals surface area (Å²) in [5.74, 6) is -0.347. The van der Waals surface area contributed by atoms with E-state index in [1.54, 1.807) is 18.4 Å². The van der Waals surface area contributed by atoms with E-state index in [-0.39, 0.29) is 12.1 Å². The molecule has 1 aromatic heterocycles. The van der Waals surface area contributed by atoms with Gasteiger partial charge in [0, 0.05) is 37.0 Å². The molecule has 0 saturated carbocycles. The van der Waals surface area contributed by atoms with Gasteiger partial charge in [-0.1, -0.05) is 0 Å². The van der Waals surface area contributed by atoms with Crippen LogP contribution in [0.15, 0.2) is 23.2 Å². The molecule has 0 unspecified atom stereocenters. The van der Waals surface area contributed by atoms with E-state index in [2.05, 4.69) is 20.6 Å². The Labute approximate surface area is 138 Å². The number of hydrogen-bond acceptors (Lipinski definition) is 3. The van der Waals surface area contributed by atoms with Crippen molar-refractivity contribution in [2.75, 3.05) is 13.6 Å². The fourth-order valence-corrected chi connectivity index (χ4v) is 3.11. The van der Waals surface area contributed by atoms with Gasteiger partial charge in [0.2, 0.25) is 0 Å². The van der Waals surface area contributed by atoms with Gasteiger partial charge in [-0.15, -0.1) is 11.3 Å². The minimum absolute atomic E-state index is 0.169. The average molecular weight is 338 g/mol. The van der Waals surface area contributed by atoms with Gasteiger partial charge in [-0.2, -0.15) is 0 Å². The molecule has 0 bridgehead atoms. The Balaban J connectivity index is 1.84. The van der Waals surface area contributed by atoms with Crippen LogP contribution in [0.4, 0.5) is 8.78 Å². The third-order valence-electron chi connectivity index (χ3n) is 3.32. The lowest BCUT2D eigenvalue weighted by atomic mass is 10.2. The first kappa shape index (κ1) is 17.3. The zero-order valence-corrected chi connectivity index (χ0v) is 14.2. The van der Waals surface area contributed by atoms with Crippen molar-refractivity contribution >= 4 is 17.3 Å². The lowest BCUT2D eigenvalue weighted by Crippen LogP contribution is -2.38. The third-order valence-corrected chi connectivity index (χ3v) is 4.45. The number of thiazole rings is 1. The standard InChI is InChI=1S/C16H20F2N4S/c1-10-15(23-11(2)22-10)6-7-20-16(19-3)21-9-12-8-13(17)4-5-14(12)18/h4-5,8H,6-7,9H2,1-3H3,(H2,19,20,21).